The third-order valence-electron chi connectivity index (χ3n) is 5.25. The van der Waals surface area contributed by atoms with E-state index >= 15 is 0 Å². The number of nitrogens with zero attached hydrogens (tertiary/aromatic N) is 4. The van der Waals surface area contributed by atoms with Gasteiger partial charge in [-0.1, -0.05) is 0 Å². The van der Waals surface area contributed by atoms with Crippen LogP contribution in [-0.4, -0.2) is 74.8 Å². The molecule has 1 aromatic carbocycles. The summed E-state index contributed by atoms with van der Waals surface area (Å²) in [5, 5.41) is 0. The largest absolute Gasteiger partial charge is 0.493 e. The molecule has 0 saturated carbocycles. The molecule has 8 heteroatoms. The van der Waals surface area contributed by atoms with E-state index in [2.05, 4.69) is 21.8 Å². The van der Waals surface area contributed by atoms with Gasteiger partial charge in [0.1, 0.15) is 6.54 Å². The van der Waals surface area contributed by atoms with Crippen molar-refractivity contribution in [2.24, 2.45) is 0 Å². The lowest BCUT2D eigenvalue weighted by molar-refractivity contribution is -0.885. The summed E-state index contributed by atoms with van der Waals surface area (Å²) in [5.74, 6) is 2.34. The van der Waals surface area contributed by atoms with Crippen LogP contribution in [0, 0.1) is 6.92 Å². The number of nitrogens with one attached hydrogen (secondary N) is 1. The first kappa shape index (κ1) is 20.9. The van der Waals surface area contributed by atoms with Crippen LogP contribution >= 0.6 is 0 Å². The summed E-state index contributed by atoms with van der Waals surface area (Å²) in [7, 11) is 5.32. The maximum Gasteiger partial charge on any atom is 0.277 e. The summed E-state index contributed by atoms with van der Waals surface area (Å²) in [6, 6.07) is 5.79. The zero-order valence-corrected chi connectivity index (χ0v) is 17.6. The lowest BCUT2D eigenvalue weighted by Gasteiger charge is -2.34. The molecule has 1 fully saturated rings. The molecule has 1 saturated heterocycles. The molecule has 1 amide bonds. The number of quaternary nitrogens is 1. The van der Waals surface area contributed by atoms with E-state index in [0.29, 0.717) is 25.4 Å². The Hall–Kier alpha value is -2.87. The van der Waals surface area contributed by atoms with Crippen LogP contribution in [0.4, 0.5) is 5.95 Å². The van der Waals surface area contributed by atoms with Crippen molar-refractivity contribution in [2.45, 2.75) is 13.5 Å². The second kappa shape index (κ2) is 9.56. The molecule has 0 spiro atoms. The number of carbonyl (C=O) groups excluding carboxylic acids is 1. The minimum Gasteiger partial charge on any atom is -0.493 e. The Labute approximate surface area is 172 Å². The Morgan fingerprint density at radius 3 is 2.31 bits per heavy atom. The van der Waals surface area contributed by atoms with E-state index in [1.54, 1.807) is 26.6 Å². The Kier molecular flexibility index (Phi) is 6.87. The Morgan fingerprint density at radius 2 is 1.69 bits per heavy atom. The first-order chi connectivity index (χ1) is 14.0. The van der Waals surface area contributed by atoms with Crippen LogP contribution in [0.2, 0.25) is 0 Å². The van der Waals surface area contributed by atoms with Crippen molar-refractivity contribution in [2.75, 3.05) is 58.9 Å². The number of benzene rings is 1. The van der Waals surface area contributed by atoms with Gasteiger partial charge < -0.3 is 24.2 Å². The number of hydrogen-bond acceptors (Lipinski definition) is 6. The third-order valence-corrected chi connectivity index (χ3v) is 5.25. The number of likely N-dealkylation sites (N-methyl/N-ethyl adjacent to an activating group) is 1. The number of carbonyl (C=O) groups is 1. The number of hydrogen-bond donors (Lipinski definition) is 1. The quantitative estimate of drug-likeness (QED) is 0.714. The zero-order valence-electron chi connectivity index (χ0n) is 17.6. The van der Waals surface area contributed by atoms with Crippen LogP contribution in [0.15, 0.2) is 30.6 Å². The van der Waals surface area contributed by atoms with Gasteiger partial charge in [-0.2, -0.15) is 0 Å². The molecular weight excluding hydrogens is 370 g/mol. The van der Waals surface area contributed by atoms with E-state index < -0.39 is 0 Å². The summed E-state index contributed by atoms with van der Waals surface area (Å²) in [4.78, 5) is 26.5. The molecule has 1 aliphatic rings. The molecule has 3 rings (SSSR count). The van der Waals surface area contributed by atoms with Gasteiger partial charge in [0.05, 0.1) is 21.3 Å². The fourth-order valence-corrected chi connectivity index (χ4v) is 3.58. The summed E-state index contributed by atoms with van der Waals surface area (Å²) >= 11 is 0. The second-order valence-corrected chi connectivity index (χ2v) is 7.36. The molecule has 29 heavy (non-hydrogen) atoms. The summed E-state index contributed by atoms with van der Waals surface area (Å²) in [6.45, 7) is 6.15. The summed E-state index contributed by atoms with van der Waals surface area (Å²) < 4.78 is 10.8. The normalized spacial score (nSPS) is 15.2. The number of aryl methyl sites for hydroxylation is 1. The van der Waals surface area contributed by atoms with Crippen LogP contribution < -0.4 is 19.3 Å². The zero-order chi connectivity index (χ0) is 20.8. The highest BCUT2D eigenvalue weighted by molar-refractivity contribution is 5.77. The molecule has 2 aromatic rings. The highest BCUT2D eigenvalue weighted by Crippen LogP contribution is 2.29. The number of methoxy groups -OCH3 is 2. The molecule has 8 nitrogen and oxygen atoms in total. The first-order valence-electron chi connectivity index (χ1n) is 9.84. The third kappa shape index (κ3) is 5.14. The highest BCUT2D eigenvalue weighted by Gasteiger charge is 2.24. The molecule has 1 N–H and O–H groups in total. The topological polar surface area (TPSA) is 72.2 Å². The van der Waals surface area contributed by atoms with E-state index in [1.807, 2.05) is 30.1 Å². The fraction of sp³-hybridized carbons (Fsp3) is 0.476. The number of amides is 1. The highest BCUT2D eigenvalue weighted by atomic mass is 16.5. The van der Waals surface area contributed by atoms with E-state index in [4.69, 9.17) is 9.47 Å². The van der Waals surface area contributed by atoms with Gasteiger partial charge in [0, 0.05) is 44.1 Å². The SMILES string of the molecule is COc1cc(C)c(C[NH+](C)CC(=O)N2CCN(c3ncccn3)CC2)cc1OC. The predicted molar refractivity (Wildman–Crippen MR) is 111 cm³/mol. The van der Waals surface area contributed by atoms with Gasteiger partial charge >= 0.3 is 0 Å². The number of rotatable bonds is 7. The maximum absolute atomic E-state index is 12.8. The van der Waals surface area contributed by atoms with Crippen LogP contribution in [0.25, 0.3) is 0 Å². The summed E-state index contributed by atoms with van der Waals surface area (Å²) in [6.07, 6.45) is 3.49. The van der Waals surface area contributed by atoms with E-state index in [-0.39, 0.29) is 5.91 Å². The maximum atomic E-state index is 12.8. The minimum atomic E-state index is 0.175. The first-order valence-corrected chi connectivity index (χ1v) is 9.84. The van der Waals surface area contributed by atoms with Crippen molar-refractivity contribution in [3.05, 3.63) is 41.7 Å². The van der Waals surface area contributed by atoms with Crippen LogP contribution in [0.1, 0.15) is 11.1 Å². The van der Waals surface area contributed by atoms with Crippen LogP contribution in [0.3, 0.4) is 0 Å². The van der Waals surface area contributed by atoms with E-state index in [1.165, 1.54) is 0 Å². The Balaban J connectivity index is 1.54. The molecule has 1 aromatic heterocycles. The van der Waals surface area contributed by atoms with Crippen molar-refractivity contribution in [3.8, 4) is 11.5 Å². The van der Waals surface area contributed by atoms with Crippen molar-refractivity contribution in [1.29, 1.82) is 0 Å². The molecule has 156 valence electrons. The van der Waals surface area contributed by atoms with E-state index in [9.17, 15) is 4.79 Å². The average molecular weight is 401 g/mol. The average Bonchev–Trinajstić information content (AvgIpc) is 2.75. The molecule has 1 atom stereocenters. The van der Waals surface area contributed by atoms with Crippen LogP contribution in [0.5, 0.6) is 11.5 Å². The Bertz CT molecular complexity index is 823. The number of piperazine rings is 1. The number of ether oxygens (including phenoxy) is 2. The monoisotopic (exact) mass is 400 g/mol. The van der Waals surface area contributed by atoms with Crippen molar-refractivity contribution in [1.82, 2.24) is 14.9 Å². The lowest BCUT2D eigenvalue weighted by Crippen LogP contribution is -3.09. The van der Waals surface area contributed by atoms with Gasteiger partial charge in [0.15, 0.2) is 18.0 Å². The fourth-order valence-electron chi connectivity index (χ4n) is 3.58. The van der Waals surface area contributed by atoms with Gasteiger partial charge in [0.2, 0.25) is 5.95 Å². The van der Waals surface area contributed by atoms with Gasteiger partial charge in [-0.25, -0.2) is 9.97 Å². The molecule has 1 unspecified atom stereocenters. The van der Waals surface area contributed by atoms with Gasteiger partial charge in [0.25, 0.3) is 5.91 Å². The minimum absolute atomic E-state index is 0.175. The van der Waals surface area contributed by atoms with Crippen LogP contribution in [-0.2, 0) is 11.3 Å². The molecule has 2 heterocycles. The molecule has 0 bridgehead atoms. The summed E-state index contributed by atoms with van der Waals surface area (Å²) in [5.41, 5.74) is 2.28. The molecule has 0 radical (unpaired) electrons. The molecular formula is C21H30N5O3+. The smallest absolute Gasteiger partial charge is 0.277 e. The number of anilines is 1. The molecule has 1 aliphatic heterocycles. The van der Waals surface area contributed by atoms with Gasteiger partial charge in [-0.15, -0.1) is 0 Å². The van der Waals surface area contributed by atoms with E-state index in [0.717, 1.165) is 47.4 Å². The number of aromatic nitrogens is 2. The van der Waals surface area contributed by atoms with Gasteiger partial charge in [-0.3, -0.25) is 4.79 Å². The Morgan fingerprint density at radius 1 is 1.07 bits per heavy atom. The second-order valence-electron chi connectivity index (χ2n) is 7.36. The van der Waals surface area contributed by atoms with Crippen molar-refractivity contribution in [3.63, 3.8) is 0 Å². The predicted octanol–water partition coefficient (Wildman–Crippen LogP) is 0.166. The van der Waals surface area contributed by atoms with Crippen molar-refractivity contribution >= 4 is 11.9 Å². The van der Waals surface area contributed by atoms with Crippen molar-refractivity contribution < 1.29 is 19.2 Å². The lowest BCUT2D eigenvalue weighted by atomic mass is 10.1. The standard InChI is InChI=1S/C21H29N5O3/c1-16-12-18(28-3)19(29-4)13-17(16)14-24(2)15-20(27)25-8-10-26(11-9-25)21-22-6-5-7-23-21/h5-7,12-13H,8-11,14-15H2,1-4H3/p+1. The van der Waals surface area contributed by atoms with Gasteiger partial charge in [-0.05, 0) is 30.7 Å². The molecule has 0 aliphatic carbocycles.